The van der Waals surface area contributed by atoms with Gasteiger partial charge in [-0.2, -0.15) is 0 Å². The number of methoxy groups -OCH3 is 1. The summed E-state index contributed by atoms with van der Waals surface area (Å²) in [5.74, 6) is -1.42. The predicted octanol–water partition coefficient (Wildman–Crippen LogP) is 0.370. The third-order valence-electron chi connectivity index (χ3n) is 2.64. The second-order valence-electron chi connectivity index (χ2n) is 4.37. The molecule has 2 rings (SSSR count). The van der Waals surface area contributed by atoms with E-state index >= 15 is 0 Å². The molecule has 1 N–H and O–H groups in total. The van der Waals surface area contributed by atoms with Crippen LogP contribution in [-0.4, -0.2) is 42.3 Å². The zero-order valence-corrected chi connectivity index (χ0v) is 9.52. The lowest BCUT2D eigenvalue weighted by Gasteiger charge is -2.26. The van der Waals surface area contributed by atoms with Gasteiger partial charge in [0.1, 0.15) is 12.2 Å². The van der Waals surface area contributed by atoms with Crippen molar-refractivity contribution in [1.82, 2.24) is 0 Å². The molecule has 0 spiro atoms. The van der Waals surface area contributed by atoms with Crippen molar-refractivity contribution in [2.75, 3.05) is 7.11 Å². The molecule has 5 nitrogen and oxygen atoms in total. The SMILES string of the molecule is [2H][C@]1(O)CC(C(=O)OC)=C[C@H]2OC(C)(C)O[C@H]21. The molecule has 0 aromatic heterocycles. The van der Waals surface area contributed by atoms with E-state index in [1.54, 1.807) is 19.9 Å². The summed E-state index contributed by atoms with van der Waals surface area (Å²) in [6.45, 7) is 3.40. The highest BCUT2D eigenvalue weighted by Crippen LogP contribution is 2.36. The van der Waals surface area contributed by atoms with Crippen molar-refractivity contribution in [3.8, 4) is 0 Å². The first-order valence-corrected chi connectivity index (χ1v) is 5.12. The molecule has 2 aliphatic rings. The second-order valence-corrected chi connectivity index (χ2v) is 4.37. The predicted molar refractivity (Wildman–Crippen MR) is 54.5 cm³/mol. The smallest absolute Gasteiger partial charge is 0.333 e. The molecule has 0 bridgehead atoms. The average Bonchev–Trinajstić information content (AvgIpc) is 2.51. The molecule has 1 aliphatic carbocycles. The molecular weight excluding hydrogens is 212 g/mol. The molecule has 0 saturated carbocycles. The van der Waals surface area contributed by atoms with Crippen LogP contribution in [0.5, 0.6) is 0 Å². The first-order valence-electron chi connectivity index (χ1n) is 5.62. The number of rotatable bonds is 1. The minimum absolute atomic E-state index is 0.125. The van der Waals surface area contributed by atoms with Crippen molar-refractivity contribution in [2.24, 2.45) is 0 Å². The van der Waals surface area contributed by atoms with Gasteiger partial charge >= 0.3 is 5.97 Å². The summed E-state index contributed by atoms with van der Waals surface area (Å²) >= 11 is 0. The van der Waals surface area contributed by atoms with Gasteiger partial charge in [0.2, 0.25) is 0 Å². The number of fused-ring (bicyclic) bond motifs is 1. The molecule has 3 atom stereocenters. The topological polar surface area (TPSA) is 65.0 Å². The lowest BCUT2D eigenvalue weighted by molar-refractivity contribution is -0.152. The minimum Gasteiger partial charge on any atom is -0.466 e. The van der Waals surface area contributed by atoms with Crippen LogP contribution in [-0.2, 0) is 19.0 Å². The summed E-state index contributed by atoms with van der Waals surface area (Å²) in [7, 11) is 1.26. The number of carbonyl (C=O) groups is 1. The third kappa shape index (κ3) is 1.98. The van der Waals surface area contributed by atoms with Crippen LogP contribution in [0.15, 0.2) is 11.6 Å². The van der Waals surface area contributed by atoms with Gasteiger partial charge in [0, 0.05) is 12.0 Å². The highest BCUT2D eigenvalue weighted by Gasteiger charge is 2.46. The van der Waals surface area contributed by atoms with Crippen LogP contribution >= 0.6 is 0 Å². The maximum Gasteiger partial charge on any atom is 0.333 e. The number of carbonyl (C=O) groups excluding carboxylic acids is 1. The summed E-state index contributed by atoms with van der Waals surface area (Å²) < 4.78 is 23.4. The summed E-state index contributed by atoms with van der Waals surface area (Å²) in [5.41, 5.74) is 0.243. The highest BCUT2D eigenvalue weighted by atomic mass is 16.8. The zero-order valence-electron chi connectivity index (χ0n) is 10.5. The molecule has 1 heterocycles. The van der Waals surface area contributed by atoms with E-state index in [0.717, 1.165) is 0 Å². The van der Waals surface area contributed by atoms with Crippen molar-refractivity contribution in [2.45, 2.75) is 44.3 Å². The molecule has 5 heteroatoms. The standard InChI is InChI=1S/C11H16O5/c1-11(2)15-8-5-6(10(13)14-3)4-7(12)9(8)16-11/h5,7-9,12H,4H2,1-3H3/t7-,8+,9-/m0/s1/i7D. The van der Waals surface area contributed by atoms with Crippen LogP contribution in [0.4, 0.5) is 0 Å². The Bertz CT molecular complexity index is 374. The number of hydrogen-bond donors (Lipinski definition) is 1. The average molecular weight is 229 g/mol. The number of hydrogen-bond acceptors (Lipinski definition) is 5. The Labute approximate surface area is 95.4 Å². The Morgan fingerprint density at radius 1 is 1.69 bits per heavy atom. The van der Waals surface area contributed by atoms with Crippen LogP contribution in [0.3, 0.4) is 0 Å². The van der Waals surface area contributed by atoms with Gasteiger partial charge in [-0.1, -0.05) is 0 Å². The monoisotopic (exact) mass is 229 g/mol. The molecule has 0 radical (unpaired) electrons. The zero-order chi connectivity index (χ0) is 12.8. The fourth-order valence-corrected chi connectivity index (χ4v) is 1.99. The first-order chi connectivity index (χ1) is 7.75. The Morgan fingerprint density at radius 2 is 2.38 bits per heavy atom. The number of esters is 1. The van der Waals surface area contributed by atoms with Crippen molar-refractivity contribution in [3.05, 3.63) is 11.6 Å². The molecule has 0 aromatic carbocycles. The van der Waals surface area contributed by atoms with Crippen molar-refractivity contribution < 1.29 is 25.5 Å². The molecule has 0 aromatic rings. The fraction of sp³-hybridized carbons (Fsp3) is 0.727. The Morgan fingerprint density at radius 3 is 3.00 bits per heavy atom. The van der Waals surface area contributed by atoms with Crippen LogP contribution in [0, 0.1) is 0 Å². The van der Waals surface area contributed by atoms with E-state index < -0.39 is 30.0 Å². The van der Waals surface area contributed by atoms with Gasteiger partial charge in [0.25, 0.3) is 0 Å². The van der Waals surface area contributed by atoms with Gasteiger partial charge in [-0.15, -0.1) is 0 Å². The van der Waals surface area contributed by atoms with Crippen molar-refractivity contribution in [1.29, 1.82) is 0 Å². The summed E-state index contributed by atoms with van der Waals surface area (Å²) in [6, 6.07) is 0. The largest absolute Gasteiger partial charge is 0.466 e. The van der Waals surface area contributed by atoms with Gasteiger partial charge in [-0.25, -0.2) is 4.79 Å². The van der Waals surface area contributed by atoms with E-state index in [1.165, 1.54) is 7.11 Å². The molecular formula is C11H16O5. The molecule has 16 heavy (non-hydrogen) atoms. The number of ether oxygens (including phenoxy) is 3. The van der Waals surface area contributed by atoms with Gasteiger partial charge in [0.05, 0.1) is 14.6 Å². The van der Waals surface area contributed by atoms with Gasteiger partial charge in [-0.3, -0.25) is 0 Å². The lowest BCUT2D eigenvalue weighted by Crippen LogP contribution is -2.39. The molecule has 0 amide bonds. The first kappa shape index (κ1) is 10.3. The van der Waals surface area contributed by atoms with Gasteiger partial charge in [0.15, 0.2) is 5.79 Å². The van der Waals surface area contributed by atoms with E-state index in [0.29, 0.717) is 0 Å². The number of aliphatic hydroxyl groups is 1. The summed E-state index contributed by atoms with van der Waals surface area (Å²) in [6.07, 6.45) is -1.83. The molecule has 1 aliphatic heterocycles. The Hall–Kier alpha value is -0.910. The Balaban J connectivity index is 2.30. The van der Waals surface area contributed by atoms with Crippen molar-refractivity contribution >= 4 is 5.97 Å². The lowest BCUT2D eigenvalue weighted by atomic mass is 9.92. The maximum absolute atomic E-state index is 11.4. The maximum atomic E-state index is 11.4. The Kier molecular flexibility index (Phi) is 2.46. The third-order valence-corrected chi connectivity index (χ3v) is 2.64. The normalized spacial score (nSPS) is 42.0. The summed E-state index contributed by atoms with van der Waals surface area (Å²) in [4.78, 5) is 11.4. The molecule has 90 valence electrons. The summed E-state index contributed by atoms with van der Waals surface area (Å²) in [5, 5.41) is 10.0. The molecule has 1 saturated heterocycles. The fourth-order valence-electron chi connectivity index (χ4n) is 1.99. The van der Waals surface area contributed by atoms with E-state index in [9.17, 15) is 9.90 Å². The van der Waals surface area contributed by atoms with E-state index in [-0.39, 0.29) is 12.0 Å². The molecule has 0 unspecified atom stereocenters. The van der Waals surface area contributed by atoms with E-state index in [2.05, 4.69) is 4.74 Å². The van der Waals surface area contributed by atoms with E-state index in [4.69, 9.17) is 10.8 Å². The molecule has 1 fully saturated rings. The van der Waals surface area contributed by atoms with E-state index in [1.807, 2.05) is 0 Å². The van der Waals surface area contributed by atoms with Crippen molar-refractivity contribution in [3.63, 3.8) is 0 Å². The van der Waals surface area contributed by atoms with Crippen LogP contribution < -0.4 is 0 Å². The van der Waals surface area contributed by atoms with Crippen LogP contribution in [0.1, 0.15) is 21.6 Å². The van der Waals surface area contributed by atoms with Crippen LogP contribution in [0.2, 0.25) is 0 Å². The second kappa shape index (κ2) is 3.84. The van der Waals surface area contributed by atoms with Gasteiger partial charge < -0.3 is 19.3 Å². The highest BCUT2D eigenvalue weighted by molar-refractivity contribution is 5.88. The quantitative estimate of drug-likeness (QED) is 0.658. The van der Waals surface area contributed by atoms with Gasteiger partial charge in [-0.05, 0) is 19.9 Å². The minimum atomic E-state index is -1.88. The van der Waals surface area contributed by atoms with Crippen LogP contribution in [0.25, 0.3) is 0 Å².